The first-order valence-electron chi connectivity index (χ1n) is 9.99. The van der Waals surface area contributed by atoms with Gasteiger partial charge in [-0.2, -0.15) is 0 Å². The molecule has 5 heteroatoms. The van der Waals surface area contributed by atoms with E-state index in [1.807, 2.05) is 24.3 Å². The first kappa shape index (κ1) is 20.2. The van der Waals surface area contributed by atoms with Gasteiger partial charge in [0.2, 0.25) is 0 Å². The topological polar surface area (TPSA) is 49.8 Å². The molecule has 0 radical (unpaired) electrons. The number of halogens is 1. The van der Waals surface area contributed by atoms with Gasteiger partial charge in [-0.3, -0.25) is 0 Å². The number of ether oxygens (including phenoxy) is 1. The fourth-order valence-corrected chi connectivity index (χ4v) is 3.85. The van der Waals surface area contributed by atoms with Gasteiger partial charge in [-0.25, -0.2) is 9.18 Å². The van der Waals surface area contributed by atoms with Crippen LogP contribution in [0.25, 0.3) is 0 Å². The molecule has 2 aromatic carbocycles. The maximum atomic E-state index is 13.1. The van der Waals surface area contributed by atoms with E-state index in [1.54, 1.807) is 4.90 Å². The van der Waals surface area contributed by atoms with E-state index in [9.17, 15) is 14.3 Å². The SMILES string of the molecule is CC(Cc1ccc(OCCC2CCCCN2C(=O)O)cc1)c1ccc(F)cc1. The highest BCUT2D eigenvalue weighted by Crippen LogP contribution is 2.23. The van der Waals surface area contributed by atoms with Crippen LogP contribution in [-0.4, -0.2) is 35.3 Å². The van der Waals surface area contributed by atoms with E-state index < -0.39 is 6.09 Å². The Balaban J connectivity index is 1.47. The number of carboxylic acid groups (broad SMARTS) is 1. The van der Waals surface area contributed by atoms with Gasteiger partial charge in [0, 0.05) is 19.0 Å². The van der Waals surface area contributed by atoms with Gasteiger partial charge in [-0.15, -0.1) is 0 Å². The van der Waals surface area contributed by atoms with Crippen LogP contribution < -0.4 is 4.74 Å². The molecule has 0 aromatic heterocycles. The lowest BCUT2D eigenvalue weighted by molar-refractivity contribution is 0.0967. The van der Waals surface area contributed by atoms with Crippen molar-refractivity contribution < 1.29 is 19.0 Å². The highest BCUT2D eigenvalue weighted by atomic mass is 19.1. The lowest BCUT2D eigenvalue weighted by Gasteiger charge is -2.33. The number of nitrogens with zero attached hydrogens (tertiary/aromatic N) is 1. The summed E-state index contributed by atoms with van der Waals surface area (Å²) >= 11 is 0. The molecule has 1 amide bonds. The zero-order valence-electron chi connectivity index (χ0n) is 16.3. The van der Waals surface area contributed by atoms with Gasteiger partial charge in [0.15, 0.2) is 0 Å². The van der Waals surface area contributed by atoms with E-state index in [-0.39, 0.29) is 11.9 Å². The Morgan fingerprint density at radius 1 is 1.18 bits per heavy atom. The Labute approximate surface area is 165 Å². The summed E-state index contributed by atoms with van der Waals surface area (Å²) in [6, 6.07) is 14.8. The first-order chi connectivity index (χ1) is 13.5. The summed E-state index contributed by atoms with van der Waals surface area (Å²) in [5, 5.41) is 9.29. The minimum atomic E-state index is -0.829. The minimum Gasteiger partial charge on any atom is -0.494 e. The molecule has 2 unspecified atom stereocenters. The fourth-order valence-electron chi connectivity index (χ4n) is 3.85. The standard InChI is InChI=1S/C23H28FNO3/c1-17(19-7-9-20(24)10-8-19)16-18-5-11-22(12-6-18)28-15-13-21-4-2-3-14-25(21)23(26)27/h5-12,17,21H,2-4,13-16H2,1H3,(H,26,27). The van der Waals surface area contributed by atoms with Crippen LogP contribution in [0.2, 0.25) is 0 Å². The number of piperidine rings is 1. The molecule has 28 heavy (non-hydrogen) atoms. The predicted molar refractivity (Wildman–Crippen MR) is 107 cm³/mol. The summed E-state index contributed by atoms with van der Waals surface area (Å²) in [6.07, 6.45) is 3.70. The largest absolute Gasteiger partial charge is 0.494 e. The number of rotatable bonds is 7. The van der Waals surface area contributed by atoms with Gasteiger partial charge in [-0.1, -0.05) is 31.2 Å². The molecule has 0 spiro atoms. The van der Waals surface area contributed by atoms with Crippen molar-refractivity contribution in [2.24, 2.45) is 0 Å². The first-order valence-corrected chi connectivity index (χ1v) is 9.99. The van der Waals surface area contributed by atoms with Gasteiger partial charge < -0.3 is 14.7 Å². The number of benzene rings is 2. The molecule has 1 fully saturated rings. The normalized spacial score (nSPS) is 17.9. The summed E-state index contributed by atoms with van der Waals surface area (Å²) < 4.78 is 18.9. The number of amides is 1. The number of hydrogen-bond donors (Lipinski definition) is 1. The number of likely N-dealkylation sites (tertiary alicyclic amines) is 1. The minimum absolute atomic E-state index is 0.0575. The van der Waals surface area contributed by atoms with Crippen molar-refractivity contribution in [3.8, 4) is 5.75 Å². The number of hydrogen-bond acceptors (Lipinski definition) is 2. The van der Waals surface area contributed by atoms with Crippen molar-refractivity contribution >= 4 is 6.09 Å². The molecule has 3 rings (SSSR count). The zero-order valence-corrected chi connectivity index (χ0v) is 16.3. The maximum absolute atomic E-state index is 13.1. The second kappa shape index (κ2) is 9.58. The third-order valence-electron chi connectivity index (χ3n) is 5.50. The van der Waals surface area contributed by atoms with Crippen molar-refractivity contribution in [1.29, 1.82) is 0 Å². The van der Waals surface area contributed by atoms with Crippen LogP contribution >= 0.6 is 0 Å². The average Bonchev–Trinajstić information content (AvgIpc) is 2.70. The Kier molecular flexibility index (Phi) is 6.90. The van der Waals surface area contributed by atoms with E-state index in [4.69, 9.17) is 4.74 Å². The van der Waals surface area contributed by atoms with Crippen molar-refractivity contribution in [1.82, 2.24) is 4.90 Å². The lowest BCUT2D eigenvalue weighted by Crippen LogP contribution is -2.43. The molecule has 2 aromatic rings. The molecular formula is C23H28FNO3. The van der Waals surface area contributed by atoms with Gasteiger partial charge >= 0.3 is 6.09 Å². The van der Waals surface area contributed by atoms with Crippen LogP contribution in [-0.2, 0) is 6.42 Å². The molecule has 2 atom stereocenters. The van der Waals surface area contributed by atoms with Crippen LogP contribution in [0.5, 0.6) is 5.75 Å². The third-order valence-corrected chi connectivity index (χ3v) is 5.50. The molecule has 1 aliphatic heterocycles. The van der Waals surface area contributed by atoms with Gasteiger partial charge in [0.25, 0.3) is 0 Å². The highest BCUT2D eigenvalue weighted by Gasteiger charge is 2.25. The van der Waals surface area contributed by atoms with Crippen molar-refractivity contribution in [3.63, 3.8) is 0 Å². The van der Waals surface area contributed by atoms with Crippen LogP contribution in [0.1, 0.15) is 49.7 Å². The number of carbonyl (C=O) groups is 1. The molecule has 150 valence electrons. The summed E-state index contributed by atoms with van der Waals surface area (Å²) in [7, 11) is 0. The average molecular weight is 385 g/mol. The van der Waals surface area contributed by atoms with Crippen molar-refractivity contribution in [3.05, 3.63) is 65.5 Å². The lowest BCUT2D eigenvalue weighted by atomic mass is 9.94. The molecule has 0 saturated carbocycles. The fraction of sp³-hybridized carbons (Fsp3) is 0.435. The van der Waals surface area contributed by atoms with E-state index in [0.29, 0.717) is 19.1 Å². The monoisotopic (exact) mass is 385 g/mol. The summed E-state index contributed by atoms with van der Waals surface area (Å²) in [4.78, 5) is 12.9. The molecule has 1 N–H and O–H groups in total. The third kappa shape index (κ3) is 5.47. The van der Waals surface area contributed by atoms with Gasteiger partial charge in [0.05, 0.1) is 6.61 Å². The van der Waals surface area contributed by atoms with Gasteiger partial charge in [-0.05, 0) is 67.0 Å². The molecule has 1 aliphatic rings. The summed E-state index contributed by atoms with van der Waals surface area (Å²) in [6.45, 7) is 3.27. The van der Waals surface area contributed by atoms with E-state index in [1.165, 1.54) is 17.7 Å². The van der Waals surface area contributed by atoms with Gasteiger partial charge in [0.1, 0.15) is 11.6 Å². The second-order valence-electron chi connectivity index (χ2n) is 7.56. The second-order valence-corrected chi connectivity index (χ2v) is 7.56. The maximum Gasteiger partial charge on any atom is 0.407 e. The van der Waals surface area contributed by atoms with E-state index in [2.05, 4.69) is 19.1 Å². The molecule has 1 heterocycles. The quantitative estimate of drug-likeness (QED) is 0.687. The molecule has 1 saturated heterocycles. The van der Waals surface area contributed by atoms with Crippen LogP contribution in [0, 0.1) is 5.82 Å². The van der Waals surface area contributed by atoms with E-state index in [0.717, 1.165) is 43.4 Å². The zero-order chi connectivity index (χ0) is 19.9. The van der Waals surface area contributed by atoms with Crippen LogP contribution in [0.15, 0.2) is 48.5 Å². The van der Waals surface area contributed by atoms with E-state index >= 15 is 0 Å². The Morgan fingerprint density at radius 3 is 2.57 bits per heavy atom. The van der Waals surface area contributed by atoms with Crippen molar-refractivity contribution in [2.45, 2.75) is 51.0 Å². The summed E-state index contributed by atoms with van der Waals surface area (Å²) in [5.41, 5.74) is 2.32. The Hall–Kier alpha value is -2.56. The molecule has 0 aliphatic carbocycles. The highest BCUT2D eigenvalue weighted by molar-refractivity contribution is 5.65. The Bertz CT molecular complexity index is 760. The van der Waals surface area contributed by atoms with Crippen molar-refractivity contribution in [2.75, 3.05) is 13.2 Å². The molecule has 4 nitrogen and oxygen atoms in total. The van der Waals surface area contributed by atoms with Crippen LogP contribution in [0.3, 0.4) is 0 Å². The summed E-state index contributed by atoms with van der Waals surface area (Å²) in [5.74, 6) is 0.897. The molecular weight excluding hydrogens is 357 g/mol. The molecule has 0 bridgehead atoms. The van der Waals surface area contributed by atoms with Crippen LogP contribution in [0.4, 0.5) is 9.18 Å². The Morgan fingerprint density at radius 2 is 1.89 bits per heavy atom. The smallest absolute Gasteiger partial charge is 0.407 e. The predicted octanol–water partition coefficient (Wildman–Crippen LogP) is 5.47.